The SMILES string of the molecule is COc1c(/C=C(/C(=O)c2ccc(N)c(N(C)C)c2)C(C)C)ccc2c1OCCO2. The fourth-order valence-corrected chi connectivity index (χ4v) is 3.33. The van der Waals surface area contributed by atoms with Gasteiger partial charge >= 0.3 is 0 Å². The van der Waals surface area contributed by atoms with Crippen molar-refractivity contribution in [3.05, 3.63) is 47.0 Å². The first-order valence-corrected chi connectivity index (χ1v) is 9.63. The van der Waals surface area contributed by atoms with E-state index < -0.39 is 0 Å². The molecule has 0 spiro atoms. The summed E-state index contributed by atoms with van der Waals surface area (Å²) in [4.78, 5) is 15.2. The molecule has 0 saturated carbocycles. The highest BCUT2D eigenvalue weighted by molar-refractivity contribution is 6.12. The first kappa shape index (κ1) is 20.6. The van der Waals surface area contributed by atoms with Gasteiger partial charge in [0, 0.05) is 30.8 Å². The number of carbonyl (C=O) groups is 1. The minimum absolute atomic E-state index is 0.0146. The Kier molecular flexibility index (Phi) is 6.01. The molecule has 1 heterocycles. The van der Waals surface area contributed by atoms with Gasteiger partial charge in [0.15, 0.2) is 17.3 Å². The number of nitrogens with two attached hydrogens (primary N) is 1. The molecule has 0 atom stereocenters. The van der Waals surface area contributed by atoms with Gasteiger partial charge in [-0.05, 0) is 42.3 Å². The van der Waals surface area contributed by atoms with Crippen molar-refractivity contribution in [3.63, 3.8) is 0 Å². The van der Waals surface area contributed by atoms with E-state index >= 15 is 0 Å². The number of hydrogen-bond donors (Lipinski definition) is 1. The monoisotopic (exact) mass is 396 g/mol. The lowest BCUT2D eigenvalue weighted by atomic mass is 9.91. The van der Waals surface area contributed by atoms with Gasteiger partial charge in [0.25, 0.3) is 0 Å². The Morgan fingerprint density at radius 1 is 1.17 bits per heavy atom. The van der Waals surface area contributed by atoms with Gasteiger partial charge in [-0.2, -0.15) is 0 Å². The molecule has 29 heavy (non-hydrogen) atoms. The van der Waals surface area contributed by atoms with E-state index in [1.54, 1.807) is 19.2 Å². The van der Waals surface area contributed by atoms with Crippen molar-refractivity contribution < 1.29 is 19.0 Å². The van der Waals surface area contributed by atoms with Crippen LogP contribution in [-0.2, 0) is 0 Å². The van der Waals surface area contributed by atoms with Gasteiger partial charge in [0.1, 0.15) is 13.2 Å². The maximum atomic E-state index is 13.3. The second kappa shape index (κ2) is 8.47. The molecular weight excluding hydrogens is 368 g/mol. The number of methoxy groups -OCH3 is 1. The number of anilines is 2. The smallest absolute Gasteiger partial charge is 0.204 e. The van der Waals surface area contributed by atoms with Crippen LogP contribution in [0.15, 0.2) is 35.9 Å². The average molecular weight is 396 g/mol. The number of allylic oxidation sites excluding steroid dienone is 1. The molecule has 1 aliphatic rings. The fourth-order valence-electron chi connectivity index (χ4n) is 3.33. The molecule has 0 bridgehead atoms. The maximum Gasteiger partial charge on any atom is 0.204 e. The molecular formula is C23H28N2O4. The first-order valence-electron chi connectivity index (χ1n) is 9.63. The molecule has 0 unspecified atom stereocenters. The summed E-state index contributed by atoms with van der Waals surface area (Å²) in [5.74, 6) is 1.77. The van der Waals surface area contributed by atoms with Crippen LogP contribution in [0, 0.1) is 5.92 Å². The van der Waals surface area contributed by atoms with E-state index in [2.05, 4.69) is 0 Å². The van der Waals surface area contributed by atoms with E-state index in [1.807, 2.05) is 57.1 Å². The van der Waals surface area contributed by atoms with E-state index in [4.69, 9.17) is 19.9 Å². The number of ketones is 1. The molecule has 2 aromatic rings. The zero-order valence-corrected chi connectivity index (χ0v) is 17.6. The number of rotatable bonds is 6. The standard InChI is InChI=1S/C23H28N2O4/c1-14(2)17(21(26)15-6-8-18(24)19(13-15)25(3)4)12-16-7-9-20-23(22(16)27-5)29-11-10-28-20/h6-9,12-14H,10-11,24H2,1-5H3/b17-12+. The van der Waals surface area contributed by atoms with Crippen LogP contribution in [0.1, 0.15) is 29.8 Å². The number of nitrogens with zero attached hydrogens (tertiary/aromatic N) is 1. The Balaban J connectivity index is 2.06. The van der Waals surface area contributed by atoms with Crippen LogP contribution in [0.5, 0.6) is 17.2 Å². The Labute approximate surface area is 171 Å². The average Bonchev–Trinajstić information content (AvgIpc) is 2.71. The third-order valence-electron chi connectivity index (χ3n) is 4.87. The molecule has 3 rings (SSSR count). The summed E-state index contributed by atoms with van der Waals surface area (Å²) in [5.41, 5.74) is 9.54. The van der Waals surface area contributed by atoms with Crippen molar-refractivity contribution in [1.29, 1.82) is 0 Å². The second-order valence-corrected chi connectivity index (χ2v) is 7.46. The number of ether oxygens (including phenoxy) is 3. The summed E-state index contributed by atoms with van der Waals surface area (Å²) in [7, 11) is 5.39. The van der Waals surface area contributed by atoms with Gasteiger partial charge in [-0.25, -0.2) is 0 Å². The molecule has 0 fully saturated rings. The highest BCUT2D eigenvalue weighted by atomic mass is 16.6. The largest absolute Gasteiger partial charge is 0.492 e. The van der Waals surface area contributed by atoms with E-state index in [9.17, 15) is 4.79 Å². The Hall–Kier alpha value is -3.15. The summed E-state index contributed by atoms with van der Waals surface area (Å²) in [6.45, 7) is 4.97. The summed E-state index contributed by atoms with van der Waals surface area (Å²) >= 11 is 0. The van der Waals surface area contributed by atoms with Gasteiger partial charge in [0.05, 0.1) is 18.5 Å². The molecule has 0 aromatic heterocycles. The van der Waals surface area contributed by atoms with Crippen LogP contribution >= 0.6 is 0 Å². The molecule has 0 radical (unpaired) electrons. The molecule has 1 aliphatic heterocycles. The highest BCUT2D eigenvalue weighted by Crippen LogP contribution is 2.43. The molecule has 0 aliphatic carbocycles. The summed E-state index contributed by atoms with van der Waals surface area (Å²) in [5, 5.41) is 0. The quantitative estimate of drug-likeness (QED) is 0.451. The molecule has 2 aromatic carbocycles. The van der Waals surface area contributed by atoms with Crippen molar-refractivity contribution in [2.45, 2.75) is 13.8 Å². The lowest BCUT2D eigenvalue weighted by Gasteiger charge is -2.22. The van der Waals surface area contributed by atoms with Gasteiger partial charge in [-0.1, -0.05) is 13.8 Å². The maximum absolute atomic E-state index is 13.3. The van der Waals surface area contributed by atoms with E-state index in [1.165, 1.54) is 0 Å². The number of carbonyl (C=O) groups excluding carboxylic acids is 1. The molecule has 0 amide bonds. The van der Waals surface area contributed by atoms with Gasteiger partial charge in [-0.3, -0.25) is 4.79 Å². The van der Waals surface area contributed by atoms with Crippen LogP contribution < -0.4 is 24.8 Å². The van der Waals surface area contributed by atoms with Crippen LogP contribution in [0.3, 0.4) is 0 Å². The Morgan fingerprint density at radius 3 is 2.55 bits per heavy atom. The van der Waals surface area contributed by atoms with E-state index in [0.29, 0.717) is 47.3 Å². The lowest BCUT2D eigenvalue weighted by molar-refractivity contribution is 0.102. The predicted molar refractivity (Wildman–Crippen MR) is 116 cm³/mol. The Morgan fingerprint density at radius 2 is 1.90 bits per heavy atom. The Bertz CT molecular complexity index is 948. The van der Waals surface area contributed by atoms with Crippen LogP contribution in [-0.4, -0.2) is 40.2 Å². The number of nitrogen functional groups attached to an aromatic ring is 1. The first-order chi connectivity index (χ1) is 13.8. The van der Waals surface area contributed by atoms with Gasteiger partial charge < -0.3 is 24.8 Å². The normalized spacial score (nSPS) is 13.4. The minimum Gasteiger partial charge on any atom is -0.492 e. The molecule has 2 N–H and O–H groups in total. The second-order valence-electron chi connectivity index (χ2n) is 7.46. The van der Waals surface area contributed by atoms with Crippen molar-refractivity contribution in [1.82, 2.24) is 0 Å². The van der Waals surface area contributed by atoms with Gasteiger partial charge in [-0.15, -0.1) is 0 Å². The van der Waals surface area contributed by atoms with Crippen molar-refractivity contribution in [3.8, 4) is 17.2 Å². The van der Waals surface area contributed by atoms with Crippen LogP contribution in [0.25, 0.3) is 6.08 Å². The molecule has 154 valence electrons. The predicted octanol–water partition coefficient (Wildman–Crippen LogP) is 4.04. The molecule has 6 nitrogen and oxygen atoms in total. The molecule has 0 saturated heterocycles. The third kappa shape index (κ3) is 4.16. The highest BCUT2D eigenvalue weighted by Gasteiger charge is 2.22. The summed E-state index contributed by atoms with van der Waals surface area (Å²) in [6, 6.07) is 9.09. The van der Waals surface area contributed by atoms with E-state index in [0.717, 1.165) is 11.3 Å². The van der Waals surface area contributed by atoms with Crippen molar-refractivity contribution >= 4 is 23.2 Å². The van der Waals surface area contributed by atoms with Gasteiger partial charge in [0.2, 0.25) is 5.75 Å². The number of fused-ring (bicyclic) bond motifs is 1. The topological polar surface area (TPSA) is 74.0 Å². The number of benzene rings is 2. The number of hydrogen-bond acceptors (Lipinski definition) is 6. The fraction of sp³-hybridized carbons (Fsp3) is 0.348. The van der Waals surface area contributed by atoms with E-state index in [-0.39, 0.29) is 11.7 Å². The summed E-state index contributed by atoms with van der Waals surface area (Å²) < 4.78 is 17.0. The zero-order valence-electron chi connectivity index (χ0n) is 17.6. The lowest BCUT2D eigenvalue weighted by Crippen LogP contribution is -2.16. The number of Topliss-reactive ketones (excluding diaryl/α,β-unsaturated/α-hetero) is 1. The van der Waals surface area contributed by atoms with Crippen molar-refractivity contribution in [2.75, 3.05) is 45.1 Å². The molecule has 6 heteroatoms. The minimum atomic E-state index is -0.0416. The summed E-state index contributed by atoms with van der Waals surface area (Å²) in [6.07, 6.45) is 1.87. The van der Waals surface area contributed by atoms with Crippen LogP contribution in [0.4, 0.5) is 11.4 Å². The van der Waals surface area contributed by atoms with Crippen LogP contribution in [0.2, 0.25) is 0 Å². The van der Waals surface area contributed by atoms with Crippen molar-refractivity contribution in [2.24, 2.45) is 5.92 Å². The third-order valence-corrected chi connectivity index (χ3v) is 4.87. The zero-order chi connectivity index (χ0) is 21.1.